The van der Waals surface area contributed by atoms with Crippen LogP contribution in [-0.4, -0.2) is 33.0 Å². The number of nitrogens with one attached hydrogen (secondary N) is 1. The Morgan fingerprint density at radius 1 is 1.25 bits per heavy atom. The zero-order chi connectivity index (χ0) is 21.5. The Kier molecular flexibility index (Phi) is 9.01. The van der Waals surface area contributed by atoms with E-state index >= 15 is 0 Å². The predicted octanol–water partition coefficient (Wildman–Crippen LogP) is 5.85. The lowest BCUT2D eigenvalue weighted by Gasteiger charge is -2.35. The summed E-state index contributed by atoms with van der Waals surface area (Å²) in [7, 11) is -3.29. The standard InChI is InChI=1S/C22H34N2O3S/c1-8-14-24(15-16(3)4)22(25)19-10-12-20(13-11-19)28(26,27)23-21(9-2)18(7)17(5)6/h9-13,16,23,26-27H,2,5,8,14-15H2,1,3-4,6-7H3/b21-18+. The Bertz CT molecular complexity index is 737. The maximum atomic E-state index is 12.8. The van der Waals surface area contributed by atoms with Crippen LogP contribution in [0.3, 0.4) is 0 Å². The first-order valence-electron chi connectivity index (χ1n) is 9.48. The minimum Gasteiger partial charge on any atom is -0.338 e. The van der Waals surface area contributed by atoms with Crippen molar-refractivity contribution in [1.82, 2.24) is 9.62 Å². The Morgan fingerprint density at radius 3 is 2.25 bits per heavy atom. The second-order valence-electron chi connectivity index (χ2n) is 7.34. The summed E-state index contributed by atoms with van der Waals surface area (Å²) in [4.78, 5) is 14.9. The van der Waals surface area contributed by atoms with Gasteiger partial charge in [-0.05, 0) is 62.1 Å². The Morgan fingerprint density at radius 2 is 1.82 bits per heavy atom. The monoisotopic (exact) mass is 406 g/mol. The van der Waals surface area contributed by atoms with E-state index in [-0.39, 0.29) is 5.91 Å². The van der Waals surface area contributed by atoms with Gasteiger partial charge in [-0.2, -0.15) is 0 Å². The molecule has 1 aromatic carbocycles. The summed E-state index contributed by atoms with van der Waals surface area (Å²) in [6.07, 6.45) is 2.42. The van der Waals surface area contributed by atoms with Gasteiger partial charge in [0.1, 0.15) is 0 Å². The van der Waals surface area contributed by atoms with E-state index in [2.05, 4.69) is 31.7 Å². The number of carbonyl (C=O) groups excluding carboxylic acids is 1. The molecule has 5 nitrogen and oxygen atoms in total. The van der Waals surface area contributed by atoms with Crippen molar-refractivity contribution in [3.63, 3.8) is 0 Å². The lowest BCUT2D eigenvalue weighted by Crippen LogP contribution is -2.34. The van der Waals surface area contributed by atoms with Gasteiger partial charge in [-0.25, -0.2) is 0 Å². The van der Waals surface area contributed by atoms with E-state index in [1.165, 1.54) is 6.08 Å². The molecule has 0 aliphatic rings. The minimum atomic E-state index is -3.29. The van der Waals surface area contributed by atoms with Crippen molar-refractivity contribution in [3.8, 4) is 0 Å². The largest absolute Gasteiger partial charge is 0.338 e. The number of hydrogen-bond donors (Lipinski definition) is 3. The molecular formula is C22H34N2O3S. The number of amides is 1. The van der Waals surface area contributed by atoms with Crippen molar-refractivity contribution in [3.05, 3.63) is 65.9 Å². The summed E-state index contributed by atoms with van der Waals surface area (Å²) < 4.78 is 23.9. The van der Waals surface area contributed by atoms with E-state index in [0.717, 1.165) is 17.6 Å². The molecule has 3 N–H and O–H groups in total. The first-order valence-corrected chi connectivity index (χ1v) is 11.0. The molecule has 0 aliphatic carbocycles. The summed E-state index contributed by atoms with van der Waals surface area (Å²) in [5, 5.41) is 0. The number of carbonyl (C=O) groups is 1. The molecule has 156 valence electrons. The van der Waals surface area contributed by atoms with Gasteiger partial charge in [-0.1, -0.05) is 50.3 Å². The van der Waals surface area contributed by atoms with Gasteiger partial charge in [0.05, 0.1) is 10.6 Å². The molecule has 0 bridgehead atoms. The molecule has 0 aromatic heterocycles. The van der Waals surface area contributed by atoms with Crippen LogP contribution in [0, 0.1) is 5.92 Å². The van der Waals surface area contributed by atoms with Crippen LogP contribution < -0.4 is 4.72 Å². The van der Waals surface area contributed by atoms with Gasteiger partial charge in [0, 0.05) is 18.7 Å². The molecule has 0 saturated carbocycles. The van der Waals surface area contributed by atoms with Crippen LogP contribution >= 0.6 is 10.8 Å². The fourth-order valence-electron chi connectivity index (χ4n) is 2.67. The summed E-state index contributed by atoms with van der Waals surface area (Å²) in [6, 6.07) is 6.43. The van der Waals surface area contributed by atoms with Crippen molar-refractivity contribution >= 4 is 16.7 Å². The van der Waals surface area contributed by atoms with Crippen molar-refractivity contribution in [1.29, 1.82) is 0 Å². The molecule has 0 unspecified atom stereocenters. The average molecular weight is 407 g/mol. The zero-order valence-corrected chi connectivity index (χ0v) is 18.5. The van der Waals surface area contributed by atoms with Crippen LogP contribution in [-0.2, 0) is 0 Å². The number of benzene rings is 1. The molecule has 0 saturated heterocycles. The lowest BCUT2D eigenvalue weighted by atomic mass is 10.1. The highest BCUT2D eigenvalue weighted by Gasteiger charge is 2.20. The SMILES string of the molecule is C=C/C(NS(O)(O)c1ccc(C(=O)N(CCC)CC(C)C)cc1)=C(/C)C(=C)C. The van der Waals surface area contributed by atoms with Crippen LogP contribution in [0.2, 0.25) is 0 Å². The Labute approximate surface area is 171 Å². The third kappa shape index (κ3) is 6.55. The van der Waals surface area contributed by atoms with Crippen molar-refractivity contribution in [2.75, 3.05) is 13.1 Å². The van der Waals surface area contributed by atoms with Gasteiger partial charge in [0.2, 0.25) is 0 Å². The third-order valence-electron chi connectivity index (χ3n) is 4.30. The second-order valence-corrected chi connectivity index (χ2v) is 9.12. The topological polar surface area (TPSA) is 72.8 Å². The second kappa shape index (κ2) is 10.5. The van der Waals surface area contributed by atoms with Gasteiger partial charge in [-0.3, -0.25) is 18.6 Å². The molecule has 0 aliphatic heterocycles. The molecular weight excluding hydrogens is 372 g/mol. The van der Waals surface area contributed by atoms with E-state index in [4.69, 9.17) is 0 Å². The number of hydrogen-bond acceptors (Lipinski definition) is 4. The average Bonchev–Trinajstić information content (AvgIpc) is 2.64. The van der Waals surface area contributed by atoms with E-state index in [9.17, 15) is 13.9 Å². The van der Waals surface area contributed by atoms with E-state index in [1.807, 2.05) is 25.7 Å². The molecule has 6 heteroatoms. The predicted molar refractivity (Wildman–Crippen MR) is 119 cm³/mol. The fraction of sp³-hybridized carbons (Fsp3) is 0.409. The van der Waals surface area contributed by atoms with Crippen LogP contribution in [0.15, 0.2) is 65.2 Å². The molecule has 0 radical (unpaired) electrons. The molecule has 0 heterocycles. The quantitative estimate of drug-likeness (QED) is 0.427. The van der Waals surface area contributed by atoms with Crippen molar-refractivity contribution < 1.29 is 13.9 Å². The zero-order valence-electron chi connectivity index (χ0n) is 17.7. The lowest BCUT2D eigenvalue weighted by molar-refractivity contribution is 0.0736. The molecule has 1 amide bonds. The summed E-state index contributed by atoms with van der Waals surface area (Å²) in [5.74, 6) is 0.336. The number of rotatable bonds is 10. The maximum absolute atomic E-state index is 12.8. The summed E-state index contributed by atoms with van der Waals surface area (Å²) in [6.45, 7) is 18.9. The van der Waals surface area contributed by atoms with Crippen molar-refractivity contribution in [2.24, 2.45) is 5.92 Å². The molecule has 0 fully saturated rings. The summed E-state index contributed by atoms with van der Waals surface area (Å²) in [5.41, 5.74) is 2.65. The highest BCUT2D eigenvalue weighted by Crippen LogP contribution is 2.45. The maximum Gasteiger partial charge on any atom is 0.253 e. The first kappa shape index (κ1) is 24.0. The third-order valence-corrected chi connectivity index (χ3v) is 5.73. The Hall–Kier alpha value is -2.02. The van der Waals surface area contributed by atoms with Crippen LogP contribution in [0.5, 0.6) is 0 Å². The van der Waals surface area contributed by atoms with Crippen LogP contribution in [0.4, 0.5) is 0 Å². The van der Waals surface area contributed by atoms with E-state index in [1.54, 1.807) is 24.3 Å². The van der Waals surface area contributed by atoms with Crippen LogP contribution in [0.1, 0.15) is 51.4 Å². The van der Waals surface area contributed by atoms with E-state index < -0.39 is 10.8 Å². The highest BCUT2D eigenvalue weighted by molar-refractivity contribution is 8.22. The molecule has 0 spiro atoms. The smallest absolute Gasteiger partial charge is 0.253 e. The van der Waals surface area contributed by atoms with Gasteiger partial charge in [-0.15, -0.1) is 0 Å². The number of nitrogens with zero attached hydrogens (tertiary/aromatic N) is 1. The van der Waals surface area contributed by atoms with Crippen LogP contribution in [0.25, 0.3) is 0 Å². The van der Waals surface area contributed by atoms with Gasteiger partial charge < -0.3 is 4.90 Å². The van der Waals surface area contributed by atoms with Gasteiger partial charge in [0.25, 0.3) is 5.91 Å². The number of allylic oxidation sites excluding steroid dienone is 3. The van der Waals surface area contributed by atoms with Gasteiger partial charge in [0.15, 0.2) is 0 Å². The van der Waals surface area contributed by atoms with E-state index in [0.29, 0.717) is 35.2 Å². The van der Waals surface area contributed by atoms with Gasteiger partial charge >= 0.3 is 0 Å². The molecule has 1 rings (SSSR count). The molecule has 28 heavy (non-hydrogen) atoms. The first-order chi connectivity index (χ1) is 13.0. The molecule has 0 atom stereocenters. The van der Waals surface area contributed by atoms with Crippen molar-refractivity contribution in [2.45, 2.75) is 45.9 Å². The fourth-order valence-corrected chi connectivity index (χ4v) is 3.85. The Balaban J connectivity index is 3.07. The molecule has 1 aromatic rings. The minimum absolute atomic E-state index is 0.0451. The normalized spacial score (nSPS) is 13.0. The summed E-state index contributed by atoms with van der Waals surface area (Å²) >= 11 is 0. The highest BCUT2D eigenvalue weighted by atomic mass is 32.3.